The van der Waals surface area contributed by atoms with E-state index >= 15 is 0 Å². The second kappa shape index (κ2) is 10.3. The molecule has 37 heavy (non-hydrogen) atoms. The largest absolute Gasteiger partial charge is 0.381 e. The van der Waals surface area contributed by atoms with Crippen LogP contribution < -0.4 is 0 Å². The minimum atomic E-state index is 0.0521. The van der Waals surface area contributed by atoms with Crippen molar-refractivity contribution < 1.29 is 9.53 Å². The van der Waals surface area contributed by atoms with Gasteiger partial charge in [-0.3, -0.25) is 14.7 Å². The number of aromatic nitrogens is 4. The lowest BCUT2D eigenvalue weighted by atomic mass is 9.96. The molecule has 192 valence electrons. The minimum Gasteiger partial charge on any atom is -0.381 e. The predicted molar refractivity (Wildman–Crippen MR) is 143 cm³/mol. The second-order valence-electron chi connectivity index (χ2n) is 10.7. The normalized spacial score (nSPS) is 19.1. The maximum absolute atomic E-state index is 13.2. The van der Waals surface area contributed by atoms with Crippen LogP contribution in [0.3, 0.4) is 0 Å². The highest BCUT2D eigenvalue weighted by Crippen LogP contribution is 2.39. The number of Topliss-reactive ketones (excluding diaryl/α,β-unsaturated/α-hetero) is 1. The van der Waals surface area contributed by atoms with E-state index < -0.39 is 0 Å². The standard InChI is InChI=1S/C30H35N5O2/c1-20-15-22(17-32-30(20)24-7-11-34(12-8-24)26-9-13-37-14-10-26)16-28(36)27-19-33-35(21(27)2)29-6-5-25(18-31-29)23-3-4-23/h5-7,15,17-19,23,26H,3-4,8-14,16H2,1-2H3. The first-order valence-electron chi connectivity index (χ1n) is 13.6. The zero-order valence-electron chi connectivity index (χ0n) is 21.8. The molecule has 3 aromatic heterocycles. The molecule has 5 heterocycles. The van der Waals surface area contributed by atoms with E-state index in [9.17, 15) is 4.79 Å². The van der Waals surface area contributed by atoms with Crippen molar-refractivity contribution in [1.82, 2.24) is 24.6 Å². The molecule has 0 aromatic carbocycles. The summed E-state index contributed by atoms with van der Waals surface area (Å²) in [5.74, 6) is 1.47. The van der Waals surface area contributed by atoms with Crippen LogP contribution in [0.25, 0.3) is 11.4 Å². The summed E-state index contributed by atoms with van der Waals surface area (Å²) >= 11 is 0. The Morgan fingerprint density at radius 1 is 1.05 bits per heavy atom. The van der Waals surface area contributed by atoms with Crippen molar-refractivity contribution in [3.05, 3.63) is 76.5 Å². The van der Waals surface area contributed by atoms with Crippen LogP contribution in [0.15, 0.2) is 42.9 Å². The summed E-state index contributed by atoms with van der Waals surface area (Å²) in [5, 5.41) is 4.47. The number of aryl methyl sites for hydroxylation is 1. The second-order valence-corrected chi connectivity index (χ2v) is 10.7. The smallest absolute Gasteiger partial charge is 0.170 e. The highest BCUT2D eigenvalue weighted by Gasteiger charge is 2.25. The Labute approximate surface area is 218 Å². The van der Waals surface area contributed by atoms with Crippen molar-refractivity contribution in [2.24, 2.45) is 0 Å². The molecule has 3 aromatic rings. The number of hydrogen-bond donors (Lipinski definition) is 0. The number of rotatable bonds is 7. The molecule has 0 atom stereocenters. The van der Waals surface area contributed by atoms with Gasteiger partial charge in [0.1, 0.15) is 0 Å². The monoisotopic (exact) mass is 497 g/mol. The molecular formula is C30H35N5O2. The van der Waals surface area contributed by atoms with Crippen LogP contribution in [0, 0.1) is 13.8 Å². The molecule has 1 aliphatic carbocycles. The van der Waals surface area contributed by atoms with E-state index in [-0.39, 0.29) is 5.78 Å². The molecule has 0 bridgehead atoms. The first-order chi connectivity index (χ1) is 18.1. The fourth-order valence-electron chi connectivity index (χ4n) is 5.72. The quantitative estimate of drug-likeness (QED) is 0.435. The van der Waals surface area contributed by atoms with Gasteiger partial charge in [-0.05, 0) is 80.2 Å². The maximum Gasteiger partial charge on any atom is 0.170 e. The number of carbonyl (C=O) groups is 1. The van der Waals surface area contributed by atoms with Crippen molar-refractivity contribution in [3.63, 3.8) is 0 Å². The predicted octanol–water partition coefficient (Wildman–Crippen LogP) is 4.85. The van der Waals surface area contributed by atoms with Gasteiger partial charge in [-0.2, -0.15) is 5.10 Å². The number of pyridine rings is 2. The Morgan fingerprint density at radius 2 is 1.89 bits per heavy atom. The van der Waals surface area contributed by atoms with E-state index in [4.69, 9.17) is 9.72 Å². The molecule has 1 saturated heterocycles. The lowest BCUT2D eigenvalue weighted by Gasteiger charge is -2.36. The molecule has 0 spiro atoms. The van der Waals surface area contributed by atoms with Crippen LogP contribution in [0.2, 0.25) is 0 Å². The van der Waals surface area contributed by atoms with Gasteiger partial charge in [0.25, 0.3) is 0 Å². The summed E-state index contributed by atoms with van der Waals surface area (Å²) in [6, 6.07) is 6.88. The Kier molecular flexibility index (Phi) is 6.74. The Morgan fingerprint density at radius 3 is 2.57 bits per heavy atom. The summed E-state index contributed by atoms with van der Waals surface area (Å²) in [6.07, 6.45) is 13.9. The van der Waals surface area contributed by atoms with Gasteiger partial charge in [-0.1, -0.05) is 18.2 Å². The molecule has 7 heteroatoms. The maximum atomic E-state index is 13.2. The molecule has 2 fully saturated rings. The van der Waals surface area contributed by atoms with E-state index in [1.54, 1.807) is 10.9 Å². The molecule has 6 rings (SSSR count). The number of ketones is 1. The van der Waals surface area contributed by atoms with Gasteiger partial charge in [0, 0.05) is 51.2 Å². The van der Waals surface area contributed by atoms with Gasteiger partial charge in [-0.25, -0.2) is 9.67 Å². The van der Waals surface area contributed by atoms with Crippen LogP contribution in [0.4, 0.5) is 0 Å². The van der Waals surface area contributed by atoms with E-state index in [1.165, 1.54) is 24.0 Å². The highest BCUT2D eigenvalue weighted by atomic mass is 16.5. The van der Waals surface area contributed by atoms with Gasteiger partial charge in [0.05, 0.1) is 23.1 Å². The first kappa shape index (κ1) is 24.2. The summed E-state index contributed by atoms with van der Waals surface area (Å²) in [5.41, 5.74) is 7.19. The van der Waals surface area contributed by atoms with Gasteiger partial charge in [0.2, 0.25) is 0 Å². The molecular weight excluding hydrogens is 462 g/mol. The van der Waals surface area contributed by atoms with Crippen molar-refractivity contribution in [2.75, 3.05) is 26.3 Å². The lowest BCUT2D eigenvalue weighted by Crippen LogP contribution is -2.41. The molecule has 2 aliphatic heterocycles. The SMILES string of the molecule is Cc1cc(CC(=O)c2cnn(-c3ccc(C4CC4)cn3)c2C)cnc1C1=CCN(C2CCOCC2)CC1. The fourth-order valence-corrected chi connectivity index (χ4v) is 5.72. The van der Waals surface area contributed by atoms with E-state index in [0.29, 0.717) is 23.9 Å². The van der Waals surface area contributed by atoms with Crippen molar-refractivity contribution >= 4 is 11.4 Å². The van der Waals surface area contributed by atoms with Crippen molar-refractivity contribution in [2.45, 2.75) is 64.3 Å². The minimum absolute atomic E-state index is 0.0521. The zero-order valence-corrected chi connectivity index (χ0v) is 21.8. The van der Waals surface area contributed by atoms with Gasteiger partial charge in [-0.15, -0.1) is 0 Å². The highest BCUT2D eigenvalue weighted by molar-refractivity contribution is 5.98. The van der Waals surface area contributed by atoms with Crippen molar-refractivity contribution in [3.8, 4) is 5.82 Å². The first-order valence-corrected chi connectivity index (χ1v) is 13.6. The van der Waals surface area contributed by atoms with Crippen LogP contribution in [0.1, 0.15) is 76.5 Å². The zero-order chi connectivity index (χ0) is 25.4. The molecule has 0 radical (unpaired) electrons. The fraction of sp³-hybridized carbons (Fsp3) is 0.467. The molecule has 0 unspecified atom stereocenters. The lowest BCUT2D eigenvalue weighted by molar-refractivity contribution is 0.0378. The topological polar surface area (TPSA) is 73.1 Å². The number of carbonyl (C=O) groups excluding carboxylic acids is 1. The molecule has 0 amide bonds. The Hall–Kier alpha value is -3.16. The van der Waals surface area contributed by atoms with Gasteiger partial charge < -0.3 is 4.74 Å². The third-order valence-electron chi connectivity index (χ3n) is 8.10. The van der Waals surface area contributed by atoms with E-state index in [2.05, 4.69) is 40.1 Å². The summed E-state index contributed by atoms with van der Waals surface area (Å²) in [6.45, 7) is 7.83. The third kappa shape index (κ3) is 5.15. The summed E-state index contributed by atoms with van der Waals surface area (Å²) in [7, 11) is 0. The number of nitrogens with zero attached hydrogens (tertiary/aromatic N) is 5. The van der Waals surface area contributed by atoms with Gasteiger partial charge >= 0.3 is 0 Å². The van der Waals surface area contributed by atoms with Crippen LogP contribution >= 0.6 is 0 Å². The average Bonchev–Trinajstić information content (AvgIpc) is 3.71. The third-order valence-corrected chi connectivity index (χ3v) is 8.10. The van der Waals surface area contributed by atoms with Crippen LogP contribution in [0.5, 0.6) is 0 Å². The van der Waals surface area contributed by atoms with E-state index in [1.807, 2.05) is 25.4 Å². The van der Waals surface area contributed by atoms with Crippen LogP contribution in [-0.4, -0.2) is 62.8 Å². The number of hydrogen-bond acceptors (Lipinski definition) is 6. The Balaban J connectivity index is 1.12. The number of ether oxygens (including phenoxy) is 1. The van der Waals surface area contributed by atoms with Crippen LogP contribution in [-0.2, 0) is 11.2 Å². The molecule has 0 N–H and O–H groups in total. The average molecular weight is 498 g/mol. The van der Waals surface area contributed by atoms with Crippen molar-refractivity contribution in [1.29, 1.82) is 0 Å². The van der Waals surface area contributed by atoms with Gasteiger partial charge in [0.15, 0.2) is 11.6 Å². The molecule has 7 nitrogen and oxygen atoms in total. The van der Waals surface area contributed by atoms with E-state index in [0.717, 1.165) is 73.9 Å². The molecule has 3 aliphatic rings. The Bertz CT molecular complexity index is 1320. The summed E-state index contributed by atoms with van der Waals surface area (Å²) in [4.78, 5) is 25.2. The summed E-state index contributed by atoms with van der Waals surface area (Å²) < 4.78 is 7.28. The molecule has 1 saturated carbocycles.